The summed E-state index contributed by atoms with van der Waals surface area (Å²) in [5.41, 5.74) is 1.14. The zero-order valence-corrected chi connectivity index (χ0v) is 14.6. The second-order valence-corrected chi connectivity index (χ2v) is 7.65. The summed E-state index contributed by atoms with van der Waals surface area (Å²) in [6.45, 7) is 3.26. The lowest BCUT2D eigenvalue weighted by molar-refractivity contribution is -0.140. The molecule has 2 aliphatic rings. The van der Waals surface area contributed by atoms with Gasteiger partial charge in [0.05, 0.1) is 12.6 Å². The molecule has 4 heteroatoms. The number of amides is 1. The van der Waals surface area contributed by atoms with Gasteiger partial charge in [0, 0.05) is 13.0 Å². The fraction of sp³-hybridized carbons (Fsp3) is 0.476. The van der Waals surface area contributed by atoms with Crippen LogP contribution >= 0.6 is 0 Å². The van der Waals surface area contributed by atoms with Crippen molar-refractivity contribution in [1.29, 1.82) is 0 Å². The highest BCUT2D eigenvalue weighted by Gasteiger charge is 2.39. The predicted octanol–water partition coefficient (Wildman–Crippen LogP) is 2.87. The average Bonchev–Trinajstić information content (AvgIpc) is 2.65. The monoisotopic (exact) mass is 338 g/mol. The number of piperidine rings is 2. The lowest BCUT2D eigenvalue weighted by atomic mass is 9.72. The standard InChI is InChI=1S/C21H26N2O2/c24-19(18-6-5-16-3-1-2-4-17(16)13-18)14-23-15-21(8-7-20(23)25)9-11-22-12-10-21/h1-6,13,19,22,24H,7-12,14-15H2/t19-/m0/s1. The fourth-order valence-corrected chi connectivity index (χ4v) is 4.36. The normalized spacial score (nSPS) is 21.6. The smallest absolute Gasteiger partial charge is 0.222 e. The van der Waals surface area contributed by atoms with E-state index in [0.29, 0.717) is 13.0 Å². The largest absolute Gasteiger partial charge is 0.387 e. The van der Waals surface area contributed by atoms with Crippen molar-refractivity contribution in [3.63, 3.8) is 0 Å². The van der Waals surface area contributed by atoms with E-state index in [0.717, 1.165) is 49.8 Å². The lowest BCUT2D eigenvalue weighted by Gasteiger charge is -2.45. The molecule has 2 aromatic rings. The SMILES string of the molecule is O=C1CCC2(CCNCC2)CN1C[C@H](O)c1ccc2ccccc2c1. The van der Waals surface area contributed by atoms with Crippen molar-refractivity contribution in [3.8, 4) is 0 Å². The Labute approximate surface area is 148 Å². The highest BCUT2D eigenvalue weighted by molar-refractivity contribution is 5.83. The number of aliphatic hydroxyl groups is 1. The number of rotatable bonds is 3. The Hall–Kier alpha value is -1.91. The number of β-amino-alcohol motifs (C(OH)–C–C–N with tert-alkyl or cyclic N) is 1. The van der Waals surface area contributed by atoms with Gasteiger partial charge in [-0.15, -0.1) is 0 Å². The van der Waals surface area contributed by atoms with Crippen molar-refractivity contribution >= 4 is 16.7 Å². The molecule has 1 atom stereocenters. The molecule has 2 heterocycles. The van der Waals surface area contributed by atoms with Crippen molar-refractivity contribution in [2.45, 2.75) is 31.8 Å². The van der Waals surface area contributed by atoms with Crippen LogP contribution in [0.2, 0.25) is 0 Å². The van der Waals surface area contributed by atoms with Crippen molar-refractivity contribution in [3.05, 3.63) is 48.0 Å². The van der Waals surface area contributed by atoms with Crippen molar-refractivity contribution in [2.75, 3.05) is 26.2 Å². The predicted molar refractivity (Wildman–Crippen MR) is 99.3 cm³/mol. The number of fused-ring (bicyclic) bond motifs is 1. The summed E-state index contributed by atoms with van der Waals surface area (Å²) in [5, 5.41) is 16.4. The Kier molecular flexibility index (Phi) is 4.48. The van der Waals surface area contributed by atoms with Gasteiger partial charge in [-0.2, -0.15) is 0 Å². The summed E-state index contributed by atoms with van der Waals surface area (Å²) >= 11 is 0. The molecule has 0 aliphatic carbocycles. The van der Waals surface area contributed by atoms with Gasteiger partial charge in [-0.25, -0.2) is 0 Å². The topological polar surface area (TPSA) is 52.6 Å². The molecular formula is C21H26N2O2. The van der Waals surface area contributed by atoms with E-state index in [4.69, 9.17) is 0 Å². The first-order valence-corrected chi connectivity index (χ1v) is 9.31. The third-order valence-electron chi connectivity index (χ3n) is 5.96. The van der Waals surface area contributed by atoms with Gasteiger partial charge in [-0.05, 0) is 60.2 Å². The van der Waals surface area contributed by atoms with Crippen LogP contribution in [0.15, 0.2) is 42.5 Å². The van der Waals surface area contributed by atoms with Crippen molar-refractivity contribution < 1.29 is 9.90 Å². The Morgan fingerprint density at radius 2 is 1.84 bits per heavy atom. The van der Waals surface area contributed by atoms with Gasteiger partial charge in [0.15, 0.2) is 0 Å². The van der Waals surface area contributed by atoms with Gasteiger partial charge in [-0.3, -0.25) is 4.79 Å². The number of nitrogens with one attached hydrogen (secondary N) is 1. The maximum absolute atomic E-state index is 12.4. The Morgan fingerprint density at radius 1 is 1.08 bits per heavy atom. The minimum absolute atomic E-state index is 0.184. The van der Waals surface area contributed by atoms with E-state index in [9.17, 15) is 9.90 Å². The maximum Gasteiger partial charge on any atom is 0.222 e. The van der Waals surface area contributed by atoms with E-state index in [1.54, 1.807) is 0 Å². The molecule has 2 saturated heterocycles. The van der Waals surface area contributed by atoms with Gasteiger partial charge in [-0.1, -0.05) is 36.4 Å². The Balaban J connectivity index is 1.49. The Bertz CT molecular complexity index is 767. The molecule has 132 valence electrons. The number of aliphatic hydroxyl groups excluding tert-OH is 1. The van der Waals surface area contributed by atoms with Crippen LogP contribution in [0.3, 0.4) is 0 Å². The van der Waals surface area contributed by atoms with Gasteiger partial charge in [0.1, 0.15) is 0 Å². The zero-order chi connectivity index (χ0) is 17.3. The molecule has 4 rings (SSSR count). The molecule has 0 saturated carbocycles. The first-order chi connectivity index (χ1) is 12.2. The van der Waals surface area contributed by atoms with E-state index < -0.39 is 6.10 Å². The van der Waals surface area contributed by atoms with Crippen LogP contribution in [0.5, 0.6) is 0 Å². The summed E-state index contributed by atoms with van der Waals surface area (Å²) in [5.74, 6) is 0.184. The van der Waals surface area contributed by atoms with Crippen molar-refractivity contribution in [2.24, 2.45) is 5.41 Å². The molecule has 0 aromatic heterocycles. The molecular weight excluding hydrogens is 312 g/mol. The van der Waals surface area contributed by atoms with Crippen LogP contribution in [0, 0.1) is 5.41 Å². The van der Waals surface area contributed by atoms with Crippen LogP contribution in [0.1, 0.15) is 37.4 Å². The molecule has 4 nitrogen and oxygen atoms in total. The third kappa shape index (κ3) is 3.42. The molecule has 25 heavy (non-hydrogen) atoms. The van der Waals surface area contributed by atoms with Crippen LogP contribution < -0.4 is 5.32 Å². The molecule has 0 unspecified atom stereocenters. The summed E-state index contributed by atoms with van der Waals surface area (Å²) in [6.07, 6.45) is 3.23. The maximum atomic E-state index is 12.4. The molecule has 2 aromatic carbocycles. The fourth-order valence-electron chi connectivity index (χ4n) is 4.36. The van der Waals surface area contributed by atoms with Gasteiger partial charge >= 0.3 is 0 Å². The Morgan fingerprint density at radius 3 is 2.64 bits per heavy atom. The van der Waals surface area contributed by atoms with E-state index in [1.165, 1.54) is 5.39 Å². The number of carbonyl (C=O) groups is 1. The first kappa shape index (κ1) is 16.6. The van der Waals surface area contributed by atoms with Crippen molar-refractivity contribution in [1.82, 2.24) is 10.2 Å². The summed E-state index contributed by atoms with van der Waals surface area (Å²) in [4.78, 5) is 14.3. The van der Waals surface area contributed by atoms with E-state index in [2.05, 4.69) is 17.4 Å². The first-order valence-electron chi connectivity index (χ1n) is 9.31. The minimum atomic E-state index is -0.634. The van der Waals surface area contributed by atoms with E-state index in [1.807, 2.05) is 35.2 Å². The number of hydrogen-bond acceptors (Lipinski definition) is 3. The molecule has 0 bridgehead atoms. The van der Waals surface area contributed by atoms with E-state index in [-0.39, 0.29) is 11.3 Å². The van der Waals surface area contributed by atoms with E-state index >= 15 is 0 Å². The van der Waals surface area contributed by atoms with Crippen LogP contribution in [0.4, 0.5) is 0 Å². The number of carbonyl (C=O) groups excluding carboxylic acids is 1. The second-order valence-electron chi connectivity index (χ2n) is 7.65. The highest BCUT2D eigenvalue weighted by Crippen LogP contribution is 2.39. The highest BCUT2D eigenvalue weighted by atomic mass is 16.3. The average molecular weight is 338 g/mol. The molecule has 2 fully saturated rings. The molecule has 2 aliphatic heterocycles. The van der Waals surface area contributed by atoms with Crippen LogP contribution in [-0.2, 0) is 4.79 Å². The minimum Gasteiger partial charge on any atom is -0.387 e. The molecule has 1 amide bonds. The second kappa shape index (κ2) is 6.77. The van der Waals surface area contributed by atoms with Gasteiger partial charge in [0.25, 0.3) is 0 Å². The van der Waals surface area contributed by atoms with Crippen LogP contribution in [0.25, 0.3) is 10.8 Å². The summed E-state index contributed by atoms with van der Waals surface area (Å²) in [6, 6.07) is 14.2. The number of benzene rings is 2. The van der Waals surface area contributed by atoms with Gasteiger partial charge < -0.3 is 15.3 Å². The summed E-state index contributed by atoms with van der Waals surface area (Å²) in [7, 11) is 0. The third-order valence-corrected chi connectivity index (χ3v) is 5.96. The number of nitrogens with zero attached hydrogens (tertiary/aromatic N) is 1. The molecule has 0 radical (unpaired) electrons. The lowest BCUT2D eigenvalue weighted by Crippen LogP contribution is -2.51. The van der Waals surface area contributed by atoms with Crippen LogP contribution in [-0.4, -0.2) is 42.1 Å². The number of hydrogen-bond donors (Lipinski definition) is 2. The molecule has 1 spiro atoms. The zero-order valence-electron chi connectivity index (χ0n) is 14.6. The number of likely N-dealkylation sites (tertiary alicyclic amines) is 1. The molecule has 2 N–H and O–H groups in total. The van der Waals surface area contributed by atoms with Gasteiger partial charge in [0.2, 0.25) is 5.91 Å². The quantitative estimate of drug-likeness (QED) is 0.905. The summed E-state index contributed by atoms with van der Waals surface area (Å²) < 4.78 is 0.